The molecule has 0 bridgehead atoms. The minimum absolute atomic E-state index is 0.331. The van der Waals surface area contributed by atoms with Gasteiger partial charge in [0.15, 0.2) is 5.79 Å². The van der Waals surface area contributed by atoms with Gasteiger partial charge in [0.1, 0.15) is 18.0 Å². The van der Waals surface area contributed by atoms with Crippen molar-refractivity contribution >= 4 is 23.5 Å². The fourth-order valence-electron chi connectivity index (χ4n) is 2.85. The number of methoxy groups -OCH3 is 1. The highest BCUT2D eigenvalue weighted by atomic mass is 32.2. The maximum Gasteiger partial charge on any atom is 0.163 e. The Morgan fingerprint density at radius 1 is 1.19 bits per heavy atom. The van der Waals surface area contributed by atoms with Crippen LogP contribution < -0.4 is 4.74 Å². The SMILES string of the molecule is COc1ccc(COCC2=C([C@H](O)[C@@H]3COC(C)(C)O3)SCCS2)cc1. The molecular weight excluding hydrogens is 372 g/mol. The Kier molecular flexibility index (Phi) is 6.93. The number of ether oxygens (including phenoxy) is 4. The van der Waals surface area contributed by atoms with Crippen LogP contribution in [-0.4, -0.2) is 54.9 Å². The quantitative estimate of drug-likeness (QED) is 0.755. The van der Waals surface area contributed by atoms with Gasteiger partial charge in [0.05, 0.1) is 26.9 Å². The highest BCUT2D eigenvalue weighted by Crippen LogP contribution is 2.39. The van der Waals surface area contributed by atoms with Crippen LogP contribution >= 0.6 is 23.5 Å². The molecule has 1 N–H and O–H groups in total. The van der Waals surface area contributed by atoms with Gasteiger partial charge in [0, 0.05) is 21.3 Å². The zero-order chi connectivity index (χ0) is 18.6. The van der Waals surface area contributed by atoms with E-state index in [1.807, 2.05) is 38.1 Å². The van der Waals surface area contributed by atoms with Gasteiger partial charge in [-0.05, 0) is 31.5 Å². The van der Waals surface area contributed by atoms with Crippen LogP contribution in [0.25, 0.3) is 0 Å². The summed E-state index contributed by atoms with van der Waals surface area (Å²) in [6, 6.07) is 7.85. The summed E-state index contributed by atoms with van der Waals surface area (Å²) in [5.74, 6) is 2.21. The summed E-state index contributed by atoms with van der Waals surface area (Å²) in [6.45, 7) is 5.17. The fraction of sp³-hybridized carbons (Fsp3) is 0.579. The van der Waals surface area contributed by atoms with Crippen LogP contribution in [0.3, 0.4) is 0 Å². The van der Waals surface area contributed by atoms with Crippen molar-refractivity contribution in [2.45, 2.75) is 38.4 Å². The monoisotopic (exact) mass is 398 g/mol. The summed E-state index contributed by atoms with van der Waals surface area (Å²) in [6.07, 6.45) is -1.00. The number of aliphatic hydroxyl groups is 1. The molecule has 2 atom stereocenters. The third-order valence-electron chi connectivity index (χ3n) is 4.20. The van der Waals surface area contributed by atoms with Crippen molar-refractivity contribution in [1.82, 2.24) is 0 Å². The first-order valence-electron chi connectivity index (χ1n) is 8.67. The van der Waals surface area contributed by atoms with E-state index in [0.717, 1.165) is 32.6 Å². The van der Waals surface area contributed by atoms with Gasteiger partial charge in [-0.15, -0.1) is 23.5 Å². The van der Waals surface area contributed by atoms with E-state index in [2.05, 4.69) is 0 Å². The lowest BCUT2D eigenvalue weighted by Crippen LogP contribution is -2.33. The molecule has 0 aromatic heterocycles. The van der Waals surface area contributed by atoms with Gasteiger partial charge in [-0.2, -0.15) is 0 Å². The minimum Gasteiger partial charge on any atom is -0.497 e. The fourth-order valence-corrected chi connectivity index (χ4v) is 5.31. The lowest BCUT2D eigenvalue weighted by molar-refractivity contribution is -0.147. The van der Waals surface area contributed by atoms with Gasteiger partial charge in [-0.3, -0.25) is 0 Å². The topological polar surface area (TPSA) is 57.2 Å². The summed E-state index contributed by atoms with van der Waals surface area (Å²) in [5.41, 5.74) is 1.09. The second-order valence-corrected chi connectivity index (χ2v) is 8.96. The van der Waals surface area contributed by atoms with E-state index in [0.29, 0.717) is 19.8 Å². The minimum atomic E-state index is -0.672. The highest BCUT2D eigenvalue weighted by Gasteiger charge is 2.39. The van der Waals surface area contributed by atoms with Crippen molar-refractivity contribution in [3.05, 3.63) is 39.6 Å². The number of benzene rings is 1. The summed E-state index contributed by atoms with van der Waals surface area (Å²) < 4.78 is 22.5. The summed E-state index contributed by atoms with van der Waals surface area (Å²) in [4.78, 5) is 2.05. The van der Waals surface area contributed by atoms with Gasteiger partial charge in [0.2, 0.25) is 0 Å². The van der Waals surface area contributed by atoms with E-state index in [1.165, 1.54) is 0 Å². The Labute approximate surface area is 163 Å². The molecule has 1 saturated heterocycles. The lowest BCUT2D eigenvalue weighted by Gasteiger charge is -2.27. The second kappa shape index (κ2) is 8.99. The Morgan fingerprint density at radius 3 is 2.58 bits per heavy atom. The van der Waals surface area contributed by atoms with Crippen molar-refractivity contribution in [2.75, 3.05) is 31.8 Å². The smallest absolute Gasteiger partial charge is 0.163 e. The van der Waals surface area contributed by atoms with E-state index in [1.54, 1.807) is 30.6 Å². The van der Waals surface area contributed by atoms with Crippen molar-refractivity contribution in [1.29, 1.82) is 0 Å². The third kappa shape index (κ3) is 5.18. The van der Waals surface area contributed by atoms with Gasteiger partial charge in [-0.25, -0.2) is 0 Å². The number of rotatable bonds is 7. The van der Waals surface area contributed by atoms with Gasteiger partial charge in [0.25, 0.3) is 0 Å². The molecule has 0 amide bonds. The first kappa shape index (κ1) is 20.0. The van der Waals surface area contributed by atoms with Crippen molar-refractivity contribution in [3.63, 3.8) is 0 Å². The Hall–Kier alpha value is -0.700. The zero-order valence-electron chi connectivity index (χ0n) is 15.4. The molecule has 0 saturated carbocycles. The second-order valence-electron chi connectivity index (χ2n) is 6.64. The molecule has 1 fully saturated rings. The van der Waals surface area contributed by atoms with E-state index in [4.69, 9.17) is 18.9 Å². The van der Waals surface area contributed by atoms with E-state index < -0.39 is 11.9 Å². The molecule has 26 heavy (non-hydrogen) atoms. The zero-order valence-corrected chi connectivity index (χ0v) is 17.0. The number of hydrogen-bond acceptors (Lipinski definition) is 7. The molecule has 2 heterocycles. The van der Waals surface area contributed by atoms with Crippen molar-refractivity contribution < 1.29 is 24.1 Å². The molecule has 5 nitrogen and oxygen atoms in total. The first-order valence-corrected chi connectivity index (χ1v) is 10.6. The standard InChI is InChI=1S/C19H26O5S2/c1-19(2)23-11-15(24-19)17(20)18-16(25-8-9-26-18)12-22-10-13-4-6-14(21-3)7-5-13/h4-7,15,17,20H,8-12H2,1-3H3/t15-,17+/m0/s1. The molecular formula is C19H26O5S2. The summed E-state index contributed by atoms with van der Waals surface area (Å²) in [7, 11) is 1.66. The van der Waals surface area contributed by atoms with Crippen LogP contribution in [0.1, 0.15) is 19.4 Å². The molecule has 0 unspecified atom stereocenters. The molecule has 0 spiro atoms. The number of thioether (sulfide) groups is 2. The summed E-state index contributed by atoms with van der Waals surface area (Å²) >= 11 is 3.45. The predicted octanol–water partition coefficient (Wildman–Crippen LogP) is 3.42. The van der Waals surface area contributed by atoms with Crippen molar-refractivity contribution in [2.24, 2.45) is 0 Å². The highest BCUT2D eigenvalue weighted by molar-refractivity contribution is 8.10. The van der Waals surface area contributed by atoms with Crippen LogP contribution in [0.15, 0.2) is 34.1 Å². The molecule has 2 aliphatic heterocycles. The molecule has 0 aliphatic carbocycles. The predicted molar refractivity (Wildman–Crippen MR) is 106 cm³/mol. The van der Waals surface area contributed by atoms with Crippen LogP contribution in [-0.2, 0) is 20.8 Å². The average molecular weight is 399 g/mol. The van der Waals surface area contributed by atoms with Gasteiger partial charge in [-0.1, -0.05) is 12.1 Å². The Morgan fingerprint density at radius 2 is 1.92 bits per heavy atom. The van der Waals surface area contributed by atoms with Gasteiger partial charge >= 0.3 is 0 Å². The van der Waals surface area contributed by atoms with Crippen LogP contribution in [0.2, 0.25) is 0 Å². The molecule has 0 radical (unpaired) electrons. The largest absolute Gasteiger partial charge is 0.497 e. The molecule has 2 aliphatic rings. The van der Waals surface area contributed by atoms with Crippen molar-refractivity contribution in [3.8, 4) is 5.75 Å². The van der Waals surface area contributed by atoms with Crippen LogP contribution in [0.5, 0.6) is 5.75 Å². The van der Waals surface area contributed by atoms with Crippen LogP contribution in [0, 0.1) is 0 Å². The number of hydrogen-bond donors (Lipinski definition) is 1. The lowest BCUT2D eigenvalue weighted by atomic mass is 10.2. The molecule has 1 aromatic carbocycles. The van der Waals surface area contributed by atoms with Crippen LogP contribution in [0.4, 0.5) is 0 Å². The normalized spacial score (nSPS) is 23.9. The average Bonchev–Trinajstić information content (AvgIpc) is 3.02. The Bertz CT molecular complexity index is 629. The number of aliphatic hydroxyl groups excluding tert-OH is 1. The molecule has 7 heteroatoms. The van der Waals surface area contributed by atoms with E-state index >= 15 is 0 Å². The van der Waals surface area contributed by atoms with Gasteiger partial charge < -0.3 is 24.1 Å². The van der Waals surface area contributed by atoms with E-state index in [9.17, 15) is 5.11 Å². The third-order valence-corrected chi connectivity index (χ3v) is 6.89. The van der Waals surface area contributed by atoms with E-state index in [-0.39, 0.29) is 6.10 Å². The molecule has 1 aromatic rings. The maximum absolute atomic E-state index is 10.8. The first-order chi connectivity index (χ1) is 12.5. The summed E-state index contributed by atoms with van der Waals surface area (Å²) in [5, 5.41) is 10.8. The maximum atomic E-state index is 10.8. The molecule has 3 rings (SSSR count). The Balaban J connectivity index is 1.59. The molecule has 144 valence electrons.